The van der Waals surface area contributed by atoms with Gasteiger partial charge in [-0.15, -0.1) is 0 Å². The Morgan fingerprint density at radius 2 is 0.859 bits per heavy atom. The molecule has 1 amide bonds. The first-order valence-corrected chi connectivity index (χ1v) is 30.2. The van der Waals surface area contributed by atoms with Crippen molar-refractivity contribution in [3.63, 3.8) is 0 Å². The van der Waals surface area contributed by atoms with Gasteiger partial charge in [0.15, 0.2) is 0 Å². The summed E-state index contributed by atoms with van der Waals surface area (Å²) in [5.74, 6) is -0.200. The number of carbonyl (C=O) groups excluding carboxylic acids is 1. The Kier molecular flexibility index (Phi) is 50.0. The molecule has 0 aliphatic carbocycles. The molecule has 0 aromatic carbocycles. The quantitative estimate of drug-likeness (QED) is 0.0272. The summed E-state index contributed by atoms with van der Waals surface area (Å²) in [7, 11) is 1.27. The zero-order chi connectivity index (χ0) is 52.0. The molecular formula is C62H109N2O6P. The number of likely N-dealkylation sites (N-methyl/N-ethyl adjacent to an activating group) is 1. The van der Waals surface area contributed by atoms with Gasteiger partial charge in [-0.05, 0) is 83.5 Å². The molecule has 0 aliphatic heterocycles. The monoisotopic (exact) mass is 1010 g/mol. The summed E-state index contributed by atoms with van der Waals surface area (Å²) in [6.45, 7) is 4.58. The van der Waals surface area contributed by atoms with E-state index in [1.165, 1.54) is 96.3 Å². The second kappa shape index (κ2) is 52.0. The number of aliphatic hydroxyl groups excluding tert-OH is 1. The molecule has 3 atom stereocenters. The van der Waals surface area contributed by atoms with Crippen molar-refractivity contribution in [1.82, 2.24) is 5.32 Å². The van der Waals surface area contributed by atoms with Crippen LogP contribution in [0.15, 0.2) is 109 Å². The van der Waals surface area contributed by atoms with Crippen molar-refractivity contribution < 1.29 is 32.9 Å². The molecule has 0 aromatic rings. The number of hydrogen-bond acceptors (Lipinski definition) is 6. The van der Waals surface area contributed by atoms with E-state index < -0.39 is 20.0 Å². The summed E-state index contributed by atoms with van der Waals surface area (Å²) >= 11 is 0. The summed E-state index contributed by atoms with van der Waals surface area (Å²) in [5.41, 5.74) is 0. The first-order valence-electron chi connectivity index (χ1n) is 28.7. The lowest BCUT2D eigenvalue weighted by Gasteiger charge is -2.30. The highest BCUT2D eigenvalue weighted by Gasteiger charge is 2.24. The second-order valence-electron chi connectivity index (χ2n) is 20.3. The highest BCUT2D eigenvalue weighted by atomic mass is 31.2. The average Bonchev–Trinajstić information content (AvgIpc) is 3.33. The van der Waals surface area contributed by atoms with Gasteiger partial charge < -0.3 is 28.8 Å². The first kappa shape index (κ1) is 68.2. The highest BCUT2D eigenvalue weighted by molar-refractivity contribution is 7.45. The van der Waals surface area contributed by atoms with Gasteiger partial charge in [0.2, 0.25) is 5.91 Å². The van der Waals surface area contributed by atoms with Crippen molar-refractivity contribution in [2.24, 2.45) is 0 Å². The van der Waals surface area contributed by atoms with E-state index in [4.69, 9.17) is 9.05 Å². The highest BCUT2D eigenvalue weighted by Crippen LogP contribution is 2.38. The average molecular weight is 1010 g/mol. The minimum absolute atomic E-state index is 0.000503. The lowest BCUT2D eigenvalue weighted by molar-refractivity contribution is -0.870. The third-order valence-corrected chi connectivity index (χ3v) is 13.2. The number of rotatable bonds is 51. The van der Waals surface area contributed by atoms with Gasteiger partial charge in [0.1, 0.15) is 13.2 Å². The van der Waals surface area contributed by atoms with E-state index in [2.05, 4.69) is 129 Å². The van der Waals surface area contributed by atoms with Crippen LogP contribution in [0.4, 0.5) is 0 Å². The standard InChI is InChI=1S/C62H109N2O6P/c1-6-8-10-12-14-16-18-20-22-24-26-27-28-29-30-31-32-33-34-35-36-37-38-40-42-44-46-48-50-52-54-56-62(66)63-60(59-70-71(67,68)69-58-57-64(3,4)5)61(65)55-53-51-49-47-45-43-41-39-25-23-21-19-17-15-13-11-9-7-2/h8,10,14,16,20,22,26-27,29-30,32-33,35-36,38,40,44,46,60-61,65H,6-7,9,11-13,15,17-19,21,23-25,28,31,34,37,39,41-43,45,47-59H2,1-5H3,(H-,63,66,67,68)/b10-8-,16-14-,22-20-,27-26-,30-29-,33-32-,36-35-,40-38-,46-44-. The maximum atomic E-state index is 13.0. The van der Waals surface area contributed by atoms with Crippen molar-refractivity contribution >= 4 is 13.7 Å². The predicted molar refractivity (Wildman–Crippen MR) is 306 cm³/mol. The zero-order valence-corrected chi connectivity index (χ0v) is 47.3. The minimum Gasteiger partial charge on any atom is -0.756 e. The molecule has 8 nitrogen and oxygen atoms in total. The predicted octanol–water partition coefficient (Wildman–Crippen LogP) is 17.0. The van der Waals surface area contributed by atoms with E-state index in [9.17, 15) is 19.4 Å². The van der Waals surface area contributed by atoms with Crippen LogP contribution < -0.4 is 10.2 Å². The third-order valence-electron chi connectivity index (χ3n) is 12.3. The fraction of sp³-hybridized carbons (Fsp3) is 0.694. The Hall–Kier alpha value is -2.84. The molecule has 0 radical (unpaired) electrons. The van der Waals surface area contributed by atoms with Gasteiger partial charge in [0.05, 0.1) is 39.9 Å². The molecule has 0 spiro atoms. The SMILES string of the molecule is CC/C=C\C/C=C\C/C=C\C/C=C\C/C=C\C/C=C\C/C=C\C/C=C\C/C=C\CCCCCC(=O)NC(COP(=O)([O-])OCC[N+](C)(C)C)C(O)CCCCCCCCCCCCCCCCCCCC. The number of quaternary nitrogens is 1. The number of aliphatic hydroxyl groups is 1. The molecule has 0 heterocycles. The molecule has 0 bridgehead atoms. The van der Waals surface area contributed by atoms with Crippen LogP contribution in [0.25, 0.3) is 0 Å². The van der Waals surface area contributed by atoms with Crippen LogP contribution in [-0.4, -0.2) is 68.5 Å². The lowest BCUT2D eigenvalue weighted by atomic mass is 10.0. The van der Waals surface area contributed by atoms with Crippen LogP contribution in [0.1, 0.15) is 226 Å². The van der Waals surface area contributed by atoms with Gasteiger partial charge in [-0.25, -0.2) is 0 Å². The smallest absolute Gasteiger partial charge is 0.268 e. The maximum absolute atomic E-state index is 13.0. The molecule has 0 fully saturated rings. The summed E-state index contributed by atoms with van der Waals surface area (Å²) in [6.07, 6.45) is 75.4. The van der Waals surface area contributed by atoms with E-state index in [1.807, 2.05) is 21.1 Å². The van der Waals surface area contributed by atoms with E-state index in [-0.39, 0.29) is 19.1 Å². The fourth-order valence-corrected chi connectivity index (χ4v) is 8.52. The van der Waals surface area contributed by atoms with Gasteiger partial charge in [-0.2, -0.15) is 0 Å². The Morgan fingerprint density at radius 1 is 0.507 bits per heavy atom. The molecule has 2 N–H and O–H groups in total. The summed E-state index contributed by atoms with van der Waals surface area (Å²) in [5, 5.41) is 14.0. The van der Waals surface area contributed by atoms with Gasteiger partial charge in [0, 0.05) is 6.42 Å². The van der Waals surface area contributed by atoms with Crippen molar-refractivity contribution in [3.05, 3.63) is 109 Å². The molecule has 408 valence electrons. The van der Waals surface area contributed by atoms with Crippen LogP contribution in [0, 0.1) is 0 Å². The minimum atomic E-state index is -4.59. The number of carbonyl (C=O) groups is 1. The van der Waals surface area contributed by atoms with Crippen LogP contribution in [-0.2, 0) is 18.4 Å². The Labute approximate surface area is 438 Å². The van der Waals surface area contributed by atoms with Crippen LogP contribution in [0.2, 0.25) is 0 Å². The normalized spacial score (nSPS) is 14.7. The Morgan fingerprint density at radius 3 is 1.24 bits per heavy atom. The molecule has 0 saturated heterocycles. The van der Waals surface area contributed by atoms with Crippen LogP contribution in [0.3, 0.4) is 0 Å². The molecule has 0 aliphatic rings. The van der Waals surface area contributed by atoms with Gasteiger partial charge >= 0.3 is 0 Å². The lowest BCUT2D eigenvalue weighted by Crippen LogP contribution is -2.46. The van der Waals surface area contributed by atoms with Crippen molar-refractivity contribution in [2.75, 3.05) is 40.9 Å². The molecule has 9 heteroatoms. The second-order valence-corrected chi connectivity index (χ2v) is 21.7. The number of nitrogens with one attached hydrogen (secondary N) is 1. The molecule has 0 aromatic heterocycles. The van der Waals surface area contributed by atoms with Gasteiger partial charge in [-0.1, -0.05) is 245 Å². The number of allylic oxidation sites excluding steroid dienone is 18. The van der Waals surface area contributed by atoms with Gasteiger partial charge in [-0.3, -0.25) is 9.36 Å². The molecular weight excluding hydrogens is 900 g/mol. The van der Waals surface area contributed by atoms with Crippen molar-refractivity contribution in [3.8, 4) is 0 Å². The van der Waals surface area contributed by atoms with Gasteiger partial charge in [0.25, 0.3) is 7.82 Å². The van der Waals surface area contributed by atoms with E-state index in [0.717, 1.165) is 103 Å². The van der Waals surface area contributed by atoms with Crippen LogP contribution in [0.5, 0.6) is 0 Å². The summed E-state index contributed by atoms with van der Waals surface area (Å²) in [4.78, 5) is 25.5. The van der Waals surface area contributed by atoms with E-state index >= 15 is 0 Å². The topological polar surface area (TPSA) is 108 Å². The van der Waals surface area contributed by atoms with Crippen molar-refractivity contribution in [1.29, 1.82) is 0 Å². The van der Waals surface area contributed by atoms with Crippen LogP contribution >= 0.6 is 7.82 Å². The summed E-state index contributed by atoms with van der Waals surface area (Å²) < 4.78 is 23.4. The number of phosphoric ester groups is 1. The maximum Gasteiger partial charge on any atom is 0.268 e. The van der Waals surface area contributed by atoms with E-state index in [1.54, 1.807) is 0 Å². The fourth-order valence-electron chi connectivity index (χ4n) is 7.80. The first-order chi connectivity index (χ1) is 34.5. The summed E-state index contributed by atoms with van der Waals surface area (Å²) in [6, 6.07) is -0.827. The number of amides is 1. The molecule has 71 heavy (non-hydrogen) atoms. The Balaban J connectivity index is 4.29. The van der Waals surface area contributed by atoms with E-state index in [0.29, 0.717) is 23.9 Å². The number of unbranched alkanes of at least 4 members (excludes halogenated alkanes) is 20. The number of hydrogen-bond donors (Lipinski definition) is 2. The number of phosphoric acid groups is 1. The molecule has 0 saturated carbocycles. The molecule has 3 unspecified atom stereocenters. The zero-order valence-electron chi connectivity index (χ0n) is 46.4. The third kappa shape index (κ3) is 54.8. The Bertz CT molecular complexity index is 1520. The molecule has 0 rings (SSSR count). The largest absolute Gasteiger partial charge is 0.756 e. The number of nitrogens with zero attached hydrogens (tertiary/aromatic N) is 1. The van der Waals surface area contributed by atoms with Crippen molar-refractivity contribution in [2.45, 2.75) is 238 Å².